The zero-order valence-electron chi connectivity index (χ0n) is 18.4. The second kappa shape index (κ2) is 8.73. The Morgan fingerprint density at radius 2 is 2.09 bits per heavy atom. The van der Waals surface area contributed by atoms with E-state index in [0.29, 0.717) is 42.5 Å². The van der Waals surface area contributed by atoms with Gasteiger partial charge in [-0.1, -0.05) is 0 Å². The van der Waals surface area contributed by atoms with Gasteiger partial charge in [-0.3, -0.25) is 9.20 Å². The minimum atomic E-state index is -3.11. The maximum atomic E-state index is 13.2. The van der Waals surface area contributed by atoms with Gasteiger partial charge in [0.15, 0.2) is 0 Å². The molecule has 2 aliphatic rings. The number of alkyl halides is 2. The van der Waals surface area contributed by atoms with E-state index in [1.807, 2.05) is 0 Å². The van der Waals surface area contributed by atoms with Crippen molar-refractivity contribution in [1.29, 1.82) is 0 Å². The number of ether oxygens (including phenoxy) is 4. The Balaban J connectivity index is 1.48. The Morgan fingerprint density at radius 3 is 2.74 bits per heavy atom. The highest BCUT2D eigenvalue weighted by Gasteiger charge is 2.35. The first-order chi connectivity index (χ1) is 16.3. The Labute approximate surface area is 193 Å². The zero-order chi connectivity index (χ0) is 23.9. The first kappa shape index (κ1) is 22.4. The van der Waals surface area contributed by atoms with Gasteiger partial charge in [-0.05, 0) is 31.0 Å². The van der Waals surface area contributed by atoms with Crippen molar-refractivity contribution in [2.24, 2.45) is 5.73 Å². The Hall–Kier alpha value is -3.44. The summed E-state index contributed by atoms with van der Waals surface area (Å²) in [4.78, 5) is 17.1. The number of fused-ring (bicyclic) bond motifs is 1. The lowest BCUT2D eigenvalue weighted by Gasteiger charge is -2.37. The lowest BCUT2D eigenvalue weighted by Crippen LogP contribution is -2.61. The molecule has 0 spiro atoms. The van der Waals surface area contributed by atoms with Gasteiger partial charge in [-0.25, -0.2) is 4.98 Å². The van der Waals surface area contributed by atoms with Crippen molar-refractivity contribution in [3.05, 3.63) is 42.2 Å². The van der Waals surface area contributed by atoms with E-state index in [2.05, 4.69) is 10.3 Å². The quantitative estimate of drug-likeness (QED) is 0.491. The number of pyridine rings is 1. The van der Waals surface area contributed by atoms with Crippen molar-refractivity contribution in [2.45, 2.75) is 31.0 Å². The molecule has 11 heteroatoms. The van der Waals surface area contributed by atoms with Crippen LogP contribution in [0.5, 0.6) is 17.2 Å². The molecule has 0 bridgehead atoms. The number of nitrogens with one attached hydrogen (secondary N) is 1. The highest BCUT2D eigenvalue weighted by atomic mass is 19.3. The van der Waals surface area contributed by atoms with E-state index in [-0.39, 0.29) is 23.1 Å². The van der Waals surface area contributed by atoms with Crippen LogP contribution in [-0.2, 0) is 4.74 Å². The number of nitrogens with zero attached hydrogens (tertiary/aromatic N) is 2. The van der Waals surface area contributed by atoms with E-state index in [1.165, 1.54) is 13.2 Å². The molecule has 1 amide bonds. The SMILES string of the molecule is COc1cc(-c2cnc3cc(OCC4(N)COC4)ccn23)cc(OC(F)F)c1C(=O)NC1CC1. The first-order valence-electron chi connectivity index (χ1n) is 10.8. The average Bonchev–Trinajstić information content (AvgIpc) is 3.50. The summed E-state index contributed by atoms with van der Waals surface area (Å²) in [5, 5.41) is 2.79. The molecule has 34 heavy (non-hydrogen) atoms. The van der Waals surface area contributed by atoms with Gasteiger partial charge < -0.3 is 30.0 Å². The fraction of sp³-hybridized carbons (Fsp3) is 0.391. The zero-order valence-corrected chi connectivity index (χ0v) is 18.4. The summed E-state index contributed by atoms with van der Waals surface area (Å²) in [5.41, 5.74) is 7.21. The summed E-state index contributed by atoms with van der Waals surface area (Å²) in [6.07, 6.45) is 5.05. The summed E-state index contributed by atoms with van der Waals surface area (Å²) in [6.45, 7) is -1.90. The van der Waals surface area contributed by atoms with Crippen LogP contribution in [0.3, 0.4) is 0 Å². The number of hydrogen-bond acceptors (Lipinski definition) is 7. The minimum Gasteiger partial charge on any atom is -0.496 e. The van der Waals surface area contributed by atoms with Crippen LogP contribution in [0.4, 0.5) is 8.78 Å². The monoisotopic (exact) mass is 474 g/mol. The molecule has 1 aromatic carbocycles. The lowest BCUT2D eigenvalue weighted by molar-refractivity contribution is -0.0722. The molecule has 3 aromatic rings. The van der Waals surface area contributed by atoms with Crippen LogP contribution < -0.4 is 25.3 Å². The Kier molecular flexibility index (Phi) is 5.74. The van der Waals surface area contributed by atoms with Crippen molar-refractivity contribution in [3.8, 4) is 28.5 Å². The topological polar surface area (TPSA) is 109 Å². The highest BCUT2D eigenvalue weighted by molar-refractivity contribution is 6.01. The van der Waals surface area contributed by atoms with Crippen LogP contribution in [0.1, 0.15) is 23.2 Å². The molecular weight excluding hydrogens is 450 g/mol. The lowest BCUT2D eigenvalue weighted by atomic mass is 10.0. The summed E-state index contributed by atoms with van der Waals surface area (Å²) >= 11 is 0. The fourth-order valence-electron chi connectivity index (χ4n) is 3.74. The van der Waals surface area contributed by atoms with Crippen molar-refractivity contribution >= 4 is 11.6 Å². The average molecular weight is 474 g/mol. The van der Waals surface area contributed by atoms with Crippen LogP contribution in [0.2, 0.25) is 0 Å². The fourth-order valence-corrected chi connectivity index (χ4v) is 3.74. The van der Waals surface area contributed by atoms with Crippen LogP contribution >= 0.6 is 0 Å². The summed E-state index contributed by atoms with van der Waals surface area (Å²) < 4.78 is 49.2. The molecule has 3 heterocycles. The normalized spacial score (nSPS) is 16.9. The van der Waals surface area contributed by atoms with E-state index >= 15 is 0 Å². The van der Waals surface area contributed by atoms with E-state index in [1.54, 1.807) is 35.0 Å². The molecule has 1 aliphatic heterocycles. The molecule has 2 fully saturated rings. The number of rotatable bonds is 9. The molecule has 9 nitrogen and oxygen atoms in total. The van der Waals surface area contributed by atoms with Gasteiger partial charge in [-0.2, -0.15) is 8.78 Å². The molecule has 0 radical (unpaired) electrons. The number of carbonyl (C=O) groups is 1. The van der Waals surface area contributed by atoms with Gasteiger partial charge in [-0.15, -0.1) is 0 Å². The molecule has 1 aliphatic carbocycles. The van der Waals surface area contributed by atoms with Crippen LogP contribution in [0.15, 0.2) is 36.7 Å². The second-order valence-corrected chi connectivity index (χ2v) is 8.56. The Morgan fingerprint density at radius 1 is 1.32 bits per heavy atom. The number of benzene rings is 1. The smallest absolute Gasteiger partial charge is 0.387 e. The minimum absolute atomic E-state index is 0.0393. The third-order valence-electron chi connectivity index (χ3n) is 5.73. The van der Waals surface area contributed by atoms with Gasteiger partial charge in [0.05, 0.1) is 37.8 Å². The van der Waals surface area contributed by atoms with Crippen LogP contribution in [0, 0.1) is 0 Å². The molecule has 2 aromatic heterocycles. The second-order valence-electron chi connectivity index (χ2n) is 8.56. The van der Waals surface area contributed by atoms with Gasteiger partial charge >= 0.3 is 6.61 Å². The standard InChI is InChI=1S/C23H24F2N4O5/c1-31-17-6-13(7-18(34-22(24)25)20(17)21(30)28-14-2-3-14)16-9-27-19-8-15(4-5-29(16)19)33-12-23(26)10-32-11-23/h4-9,14,22H,2-3,10-12,26H2,1H3,(H,28,30). The van der Waals surface area contributed by atoms with Crippen molar-refractivity contribution in [2.75, 3.05) is 26.9 Å². The maximum absolute atomic E-state index is 13.2. The number of nitrogens with two attached hydrogens (primary N) is 1. The summed E-state index contributed by atoms with van der Waals surface area (Å²) in [7, 11) is 1.37. The first-order valence-corrected chi connectivity index (χ1v) is 10.8. The third kappa shape index (κ3) is 4.48. The predicted molar refractivity (Wildman–Crippen MR) is 118 cm³/mol. The van der Waals surface area contributed by atoms with Gasteiger partial charge in [0.1, 0.15) is 35.1 Å². The molecule has 0 atom stereocenters. The van der Waals surface area contributed by atoms with E-state index in [9.17, 15) is 13.6 Å². The van der Waals surface area contributed by atoms with Gasteiger partial charge in [0.2, 0.25) is 0 Å². The molecule has 1 saturated heterocycles. The van der Waals surface area contributed by atoms with Crippen LogP contribution in [0.25, 0.3) is 16.9 Å². The number of carbonyl (C=O) groups excluding carboxylic acids is 1. The number of aromatic nitrogens is 2. The highest BCUT2D eigenvalue weighted by Crippen LogP contribution is 2.37. The van der Waals surface area contributed by atoms with Gasteiger partial charge in [0.25, 0.3) is 5.91 Å². The predicted octanol–water partition coefficient (Wildman–Crippen LogP) is 2.61. The molecule has 3 N–H and O–H groups in total. The van der Waals surface area contributed by atoms with Crippen molar-refractivity contribution < 1.29 is 32.5 Å². The van der Waals surface area contributed by atoms with Crippen molar-refractivity contribution in [1.82, 2.24) is 14.7 Å². The van der Waals surface area contributed by atoms with Crippen molar-refractivity contribution in [3.63, 3.8) is 0 Å². The molecule has 5 rings (SSSR count). The maximum Gasteiger partial charge on any atom is 0.387 e. The molecule has 1 saturated carbocycles. The summed E-state index contributed by atoms with van der Waals surface area (Å²) in [6, 6.07) is 6.53. The number of halogens is 2. The van der Waals surface area contributed by atoms with E-state index < -0.39 is 18.1 Å². The largest absolute Gasteiger partial charge is 0.496 e. The third-order valence-corrected chi connectivity index (χ3v) is 5.73. The van der Waals surface area contributed by atoms with E-state index in [0.717, 1.165) is 12.8 Å². The van der Waals surface area contributed by atoms with Gasteiger partial charge in [0, 0.05) is 23.9 Å². The van der Waals surface area contributed by atoms with Crippen LogP contribution in [-0.4, -0.2) is 60.4 Å². The number of methoxy groups -OCH3 is 1. The summed E-state index contributed by atoms with van der Waals surface area (Å²) in [5.74, 6) is -0.0747. The van der Waals surface area contributed by atoms with E-state index in [4.69, 9.17) is 24.7 Å². The number of hydrogen-bond donors (Lipinski definition) is 2. The number of amides is 1. The Bertz CT molecular complexity index is 1220. The molecule has 180 valence electrons. The molecule has 0 unspecified atom stereocenters. The number of imidazole rings is 1. The molecular formula is C23H24F2N4O5.